The van der Waals surface area contributed by atoms with Crippen molar-refractivity contribution in [3.63, 3.8) is 0 Å². The highest BCUT2D eigenvalue weighted by Gasteiger charge is 2.12. The highest BCUT2D eigenvalue weighted by Crippen LogP contribution is 2.30. The van der Waals surface area contributed by atoms with Crippen molar-refractivity contribution >= 4 is 11.6 Å². The number of amides is 1. The van der Waals surface area contributed by atoms with Crippen molar-refractivity contribution in [2.75, 3.05) is 32.8 Å². The third kappa shape index (κ3) is 5.05. The Morgan fingerprint density at radius 3 is 2.23 bits per heavy atom. The summed E-state index contributed by atoms with van der Waals surface area (Å²) in [6.45, 7) is 4.86. The van der Waals surface area contributed by atoms with E-state index in [1.54, 1.807) is 38.5 Å². The van der Waals surface area contributed by atoms with Crippen molar-refractivity contribution in [2.24, 2.45) is 0 Å². The fourth-order valence-corrected chi connectivity index (χ4v) is 2.51. The van der Waals surface area contributed by atoms with Gasteiger partial charge in [-0.25, -0.2) is 0 Å². The van der Waals surface area contributed by atoms with E-state index in [1.807, 2.05) is 26.0 Å². The smallest absolute Gasteiger partial charge is 0.228 e. The highest BCUT2D eigenvalue weighted by molar-refractivity contribution is 5.94. The summed E-state index contributed by atoms with van der Waals surface area (Å²) in [6, 6.07) is 10.8. The highest BCUT2D eigenvalue weighted by atomic mass is 16.5. The van der Waals surface area contributed by atoms with Gasteiger partial charge in [0.15, 0.2) is 11.5 Å². The Morgan fingerprint density at radius 2 is 1.58 bits per heavy atom. The van der Waals surface area contributed by atoms with E-state index < -0.39 is 0 Å². The van der Waals surface area contributed by atoms with Crippen molar-refractivity contribution in [2.45, 2.75) is 20.3 Å². The Labute approximate surface area is 154 Å². The van der Waals surface area contributed by atoms with Crippen molar-refractivity contribution in [1.82, 2.24) is 0 Å². The van der Waals surface area contributed by atoms with Crippen LogP contribution in [0.15, 0.2) is 36.4 Å². The van der Waals surface area contributed by atoms with Gasteiger partial charge in [0.05, 0.1) is 39.5 Å². The summed E-state index contributed by atoms with van der Waals surface area (Å²) in [4.78, 5) is 12.5. The largest absolute Gasteiger partial charge is 0.494 e. The summed E-state index contributed by atoms with van der Waals surface area (Å²) in [5.74, 6) is 2.34. The monoisotopic (exact) mass is 359 g/mol. The molecule has 0 spiro atoms. The topological polar surface area (TPSA) is 66.0 Å². The first-order valence-electron chi connectivity index (χ1n) is 8.51. The lowest BCUT2D eigenvalue weighted by molar-refractivity contribution is -0.115. The third-order valence-corrected chi connectivity index (χ3v) is 3.65. The number of hydrogen-bond donors (Lipinski definition) is 1. The lowest BCUT2D eigenvalue weighted by Gasteiger charge is -2.14. The van der Waals surface area contributed by atoms with Crippen molar-refractivity contribution < 1.29 is 23.7 Å². The zero-order valence-electron chi connectivity index (χ0n) is 15.6. The molecule has 0 heterocycles. The fourth-order valence-electron chi connectivity index (χ4n) is 2.51. The number of methoxy groups -OCH3 is 2. The maximum atomic E-state index is 12.5. The zero-order chi connectivity index (χ0) is 18.9. The van der Waals surface area contributed by atoms with Crippen LogP contribution < -0.4 is 24.3 Å². The second-order valence-electron chi connectivity index (χ2n) is 5.44. The molecule has 0 aliphatic heterocycles. The molecule has 0 radical (unpaired) electrons. The van der Waals surface area contributed by atoms with E-state index in [0.717, 1.165) is 5.56 Å². The van der Waals surface area contributed by atoms with Crippen LogP contribution in [-0.2, 0) is 11.2 Å². The van der Waals surface area contributed by atoms with Gasteiger partial charge in [-0.3, -0.25) is 4.79 Å². The van der Waals surface area contributed by atoms with Crippen LogP contribution in [-0.4, -0.2) is 33.3 Å². The predicted molar refractivity (Wildman–Crippen MR) is 101 cm³/mol. The molecule has 0 unspecified atom stereocenters. The summed E-state index contributed by atoms with van der Waals surface area (Å²) in [5, 5.41) is 2.89. The van der Waals surface area contributed by atoms with Crippen molar-refractivity contribution in [3.8, 4) is 23.0 Å². The summed E-state index contributed by atoms with van der Waals surface area (Å²) in [7, 11) is 3.14. The SMILES string of the molecule is CCOc1ccc(OCC)c(NC(=O)Cc2ccc(OC)c(OC)c2)c1. The summed E-state index contributed by atoms with van der Waals surface area (Å²) in [5.41, 5.74) is 1.40. The standard InChI is InChI=1S/C20H25NO5/c1-5-25-15-8-10-17(26-6-2)16(13-15)21-20(22)12-14-7-9-18(23-3)19(11-14)24-4/h7-11,13H,5-6,12H2,1-4H3,(H,21,22). The van der Waals surface area contributed by atoms with Gasteiger partial charge >= 0.3 is 0 Å². The van der Waals surface area contributed by atoms with E-state index in [9.17, 15) is 4.79 Å². The van der Waals surface area contributed by atoms with Gasteiger partial charge < -0.3 is 24.3 Å². The number of anilines is 1. The van der Waals surface area contributed by atoms with Crippen LogP contribution in [0.3, 0.4) is 0 Å². The van der Waals surface area contributed by atoms with Gasteiger partial charge in [0, 0.05) is 6.07 Å². The van der Waals surface area contributed by atoms with Crippen LogP contribution in [0, 0.1) is 0 Å². The molecule has 0 aromatic heterocycles. The normalized spacial score (nSPS) is 10.2. The average Bonchev–Trinajstić information content (AvgIpc) is 2.64. The van der Waals surface area contributed by atoms with E-state index in [4.69, 9.17) is 18.9 Å². The molecule has 0 saturated heterocycles. The Kier molecular flexibility index (Phi) is 7.14. The number of carbonyl (C=O) groups excluding carboxylic acids is 1. The summed E-state index contributed by atoms with van der Waals surface area (Å²) >= 11 is 0. The van der Waals surface area contributed by atoms with Crippen LogP contribution in [0.4, 0.5) is 5.69 Å². The number of carbonyl (C=O) groups is 1. The maximum absolute atomic E-state index is 12.5. The Bertz CT molecular complexity index is 745. The number of rotatable bonds is 9. The van der Waals surface area contributed by atoms with E-state index in [0.29, 0.717) is 41.9 Å². The molecule has 0 atom stereocenters. The van der Waals surface area contributed by atoms with Gasteiger partial charge in [0.2, 0.25) is 5.91 Å². The lowest BCUT2D eigenvalue weighted by atomic mass is 10.1. The molecule has 0 aliphatic rings. The molecule has 140 valence electrons. The van der Waals surface area contributed by atoms with Crippen LogP contribution in [0.25, 0.3) is 0 Å². The molecular formula is C20H25NO5. The molecule has 2 aromatic carbocycles. The second kappa shape index (κ2) is 9.56. The van der Waals surface area contributed by atoms with E-state index in [-0.39, 0.29) is 12.3 Å². The summed E-state index contributed by atoms with van der Waals surface area (Å²) in [6.07, 6.45) is 0.199. The third-order valence-electron chi connectivity index (χ3n) is 3.65. The first-order valence-corrected chi connectivity index (χ1v) is 8.51. The quantitative estimate of drug-likeness (QED) is 0.740. The zero-order valence-corrected chi connectivity index (χ0v) is 15.6. The average molecular weight is 359 g/mol. The molecule has 26 heavy (non-hydrogen) atoms. The van der Waals surface area contributed by atoms with Crippen LogP contribution in [0.1, 0.15) is 19.4 Å². The number of nitrogens with one attached hydrogen (secondary N) is 1. The Hall–Kier alpha value is -2.89. The summed E-state index contributed by atoms with van der Waals surface area (Å²) < 4.78 is 21.6. The van der Waals surface area contributed by atoms with Crippen LogP contribution >= 0.6 is 0 Å². The van der Waals surface area contributed by atoms with E-state index in [1.165, 1.54) is 0 Å². The first kappa shape index (κ1) is 19.4. The van der Waals surface area contributed by atoms with Crippen molar-refractivity contribution in [1.29, 1.82) is 0 Å². The van der Waals surface area contributed by atoms with Crippen molar-refractivity contribution in [3.05, 3.63) is 42.0 Å². The van der Waals surface area contributed by atoms with Gasteiger partial charge in [-0.05, 0) is 43.7 Å². The maximum Gasteiger partial charge on any atom is 0.228 e. The molecule has 2 aromatic rings. The second-order valence-corrected chi connectivity index (χ2v) is 5.44. The minimum atomic E-state index is -0.160. The van der Waals surface area contributed by atoms with Gasteiger partial charge in [0.25, 0.3) is 0 Å². The molecular weight excluding hydrogens is 334 g/mol. The lowest BCUT2D eigenvalue weighted by Crippen LogP contribution is -2.15. The molecule has 1 N–H and O–H groups in total. The van der Waals surface area contributed by atoms with E-state index >= 15 is 0 Å². The predicted octanol–water partition coefficient (Wildman–Crippen LogP) is 3.68. The minimum Gasteiger partial charge on any atom is -0.494 e. The molecule has 6 nitrogen and oxygen atoms in total. The molecule has 0 fully saturated rings. The Balaban J connectivity index is 2.14. The fraction of sp³-hybridized carbons (Fsp3) is 0.350. The molecule has 0 saturated carbocycles. The molecule has 2 rings (SSSR count). The van der Waals surface area contributed by atoms with E-state index in [2.05, 4.69) is 5.32 Å². The van der Waals surface area contributed by atoms with Gasteiger partial charge in [-0.1, -0.05) is 6.07 Å². The first-order chi connectivity index (χ1) is 12.6. The Morgan fingerprint density at radius 1 is 0.885 bits per heavy atom. The minimum absolute atomic E-state index is 0.160. The molecule has 0 bridgehead atoms. The molecule has 0 aliphatic carbocycles. The number of ether oxygens (including phenoxy) is 4. The van der Waals surface area contributed by atoms with Crippen LogP contribution in [0.2, 0.25) is 0 Å². The molecule has 6 heteroatoms. The van der Waals surface area contributed by atoms with Crippen LogP contribution in [0.5, 0.6) is 23.0 Å². The number of benzene rings is 2. The number of hydrogen-bond acceptors (Lipinski definition) is 5. The molecule has 1 amide bonds. The van der Waals surface area contributed by atoms with Gasteiger partial charge in [-0.2, -0.15) is 0 Å². The van der Waals surface area contributed by atoms with Gasteiger partial charge in [-0.15, -0.1) is 0 Å². The van der Waals surface area contributed by atoms with Gasteiger partial charge in [0.1, 0.15) is 11.5 Å².